The van der Waals surface area contributed by atoms with Crippen LogP contribution in [-0.2, 0) is 4.79 Å². The molecule has 1 heterocycles. The molecule has 1 N–H and O–H groups in total. The molecule has 0 spiro atoms. The number of carbonyl (C=O) groups excluding carboxylic acids is 2. The average Bonchev–Trinajstić information content (AvgIpc) is 3.16. The van der Waals surface area contributed by atoms with Gasteiger partial charge in [-0.2, -0.15) is 0 Å². The number of nitrogens with one attached hydrogen (secondary N) is 1. The fourth-order valence-electron chi connectivity index (χ4n) is 2.84. The largest absolute Gasteiger partial charge is 0.451 e. The Balaban J connectivity index is 1.69. The van der Waals surface area contributed by atoms with Crippen molar-refractivity contribution in [2.24, 2.45) is 0 Å². The zero-order valence-corrected chi connectivity index (χ0v) is 17.8. The molecule has 150 valence electrons. The monoisotopic (exact) mass is 430 g/mol. The lowest BCUT2D eigenvalue weighted by Crippen LogP contribution is -2.34. The fraction of sp³-hybridized carbons (Fsp3) is 0.182. The number of anilines is 1. The Morgan fingerprint density at radius 3 is 2.59 bits per heavy atom. The molecule has 0 saturated heterocycles. The van der Waals surface area contributed by atoms with Crippen molar-refractivity contribution in [2.45, 2.75) is 13.8 Å². The van der Waals surface area contributed by atoms with Crippen molar-refractivity contribution in [1.82, 2.24) is 4.90 Å². The molecule has 0 aliphatic heterocycles. The van der Waals surface area contributed by atoms with Crippen LogP contribution in [0.1, 0.15) is 21.7 Å². The molecule has 0 aliphatic carbocycles. The topological polar surface area (TPSA) is 62.6 Å². The van der Waals surface area contributed by atoms with Crippen molar-refractivity contribution in [1.29, 1.82) is 0 Å². The minimum atomic E-state index is -0.412. The second kappa shape index (κ2) is 8.72. The number of amides is 2. The van der Waals surface area contributed by atoms with Crippen molar-refractivity contribution >= 4 is 40.7 Å². The van der Waals surface area contributed by atoms with Gasteiger partial charge >= 0.3 is 0 Å². The average molecular weight is 431 g/mol. The van der Waals surface area contributed by atoms with E-state index in [0.29, 0.717) is 21.4 Å². The third-order valence-electron chi connectivity index (χ3n) is 4.62. The van der Waals surface area contributed by atoms with Gasteiger partial charge in [-0.3, -0.25) is 9.59 Å². The maximum atomic E-state index is 12.6. The molecule has 0 atom stereocenters. The lowest BCUT2D eigenvalue weighted by molar-refractivity contribution is -0.116. The first-order valence-electron chi connectivity index (χ1n) is 8.93. The van der Waals surface area contributed by atoms with Crippen molar-refractivity contribution in [3.05, 3.63) is 75.5 Å². The molecule has 0 bridgehead atoms. The number of carbonyl (C=O) groups is 2. The Kier molecular flexibility index (Phi) is 6.30. The Labute approximate surface area is 179 Å². The minimum absolute atomic E-state index is 0.109. The van der Waals surface area contributed by atoms with Crippen LogP contribution >= 0.6 is 23.2 Å². The fourth-order valence-corrected chi connectivity index (χ4v) is 3.22. The highest BCUT2D eigenvalue weighted by Gasteiger charge is 2.20. The predicted molar refractivity (Wildman–Crippen MR) is 116 cm³/mol. The Hall–Kier alpha value is -2.76. The van der Waals surface area contributed by atoms with Gasteiger partial charge in [0.25, 0.3) is 5.91 Å². The number of aryl methyl sites for hydroxylation is 1. The summed E-state index contributed by atoms with van der Waals surface area (Å²) < 4.78 is 5.66. The zero-order chi connectivity index (χ0) is 21.1. The number of halogens is 2. The van der Waals surface area contributed by atoms with E-state index >= 15 is 0 Å². The van der Waals surface area contributed by atoms with Crippen LogP contribution in [0.2, 0.25) is 10.0 Å². The lowest BCUT2D eigenvalue weighted by Gasteiger charge is -2.16. The van der Waals surface area contributed by atoms with Gasteiger partial charge in [0.2, 0.25) is 5.91 Å². The summed E-state index contributed by atoms with van der Waals surface area (Å²) in [5.41, 5.74) is 3.39. The van der Waals surface area contributed by atoms with E-state index < -0.39 is 5.91 Å². The molecule has 0 aliphatic rings. The quantitative estimate of drug-likeness (QED) is 0.574. The van der Waals surface area contributed by atoms with Crippen LogP contribution in [0.4, 0.5) is 5.69 Å². The predicted octanol–water partition coefficient (Wildman–Crippen LogP) is 5.58. The summed E-state index contributed by atoms with van der Waals surface area (Å²) in [6.07, 6.45) is 0. The summed E-state index contributed by atoms with van der Waals surface area (Å²) >= 11 is 12.2. The van der Waals surface area contributed by atoms with Gasteiger partial charge in [-0.15, -0.1) is 0 Å². The Bertz CT molecular complexity index is 1080. The van der Waals surface area contributed by atoms with E-state index in [9.17, 15) is 9.59 Å². The molecule has 29 heavy (non-hydrogen) atoms. The van der Waals surface area contributed by atoms with E-state index in [4.69, 9.17) is 27.6 Å². The SMILES string of the molecule is Cc1cccc(NC(=O)CN(C)C(=O)c2ccc(-c3cc(Cl)ccc3Cl)o2)c1C. The van der Waals surface area contributed by atoms with Crippen LogP contribution in [0.3, 0.4) is 0 Å². The molecule has 0 saturated carbocycles. The van der Waals surface area contributed by atoms with Gasteiger partial charge in [-0.25, -0.2) is 0 Å². The van der Waals surface area contributed by atoms with E-state index in [1.807, 2.05) is 32.0 Å². The molecule has 7 heteroatoms. The van der Waals surface area contributed by atoms with E-state index in [2.05, 4.69) is 5.32 Å². The highest BCUT2D eigenvalue weighted by Crippen LogP contribution is 2.32. The van der Waals surface area contributed by atoms with Crippen molar-refractivity contribution in [2.75, 3.05) is 18.9 Å². The third-order valence-corrected chi connectivity index (χ3v) is 5.18. The second-order valence-corrected chi connectivity index (χ2v) is 7.59. The van der Waals surface area contributed by atoms with Gasteiger partial charge in [-0.05, 0) is 61.4 Å². The summed E-state index contributed by atoms with van der Waals surface area (Å²) in [5.74, 6) is -0.170. The number of nitrogens with zero attached hydrogens (tertiary/aromatic N) is 1. The smallest absolute Gasteiger partial charge is 0.289 e. The summed E-state index contributed by atoms with van der Waals surface area (Å²) in [5, 5.41) is 3.81. The molecular formula is C22H20Cl2N2O3. The zero-order valence-electron chi connectivity index (χ0n) is 16.3. The number of furan rings is 1. The van der Waals surface area contributed by atoms with Crippen LogP contribution in [0.5, 0.6) is 0 Å². The molecule has 0 unspecified atom stereocenters. The van der Waals surface area contributed by atoms with Crippen LogP contribution < -0.4 is 5.32 Å². The van der Waals surface area contributed by atoms with E-state index in [-0.39, 0.29) is 18.2 Å². The van der Waals surface area contributed by atoms with Gasteiger partial charge in [0.1, 0.15) is 5.76 Å². The van der Waals surface area contributed by atoms with Gasteiger partial charge in [0.15, 0.2) is 5.76 Å². The molecular weight excluding hydrogens is 411 g/mol. The van der Waals surface area contributed by atoms with Crippen molar-refractivity contribution in [3.63, 3.8) is 0 Å². The van der Waals surface area contributed by atoms with Crippen LogP contribution in [0, 0.1) is 13.8 Å². The molecule has 2 amide bonds. The van der Waals surface area contributed by atoms with Gasteiger partial charge < -0.3 is 14.6 Å². The number of rotatable bonds is 5. The Morgan fingerprint density at radius 1 is 1.07 bits per heavy atom. The maximum Gasteiger partial charge on any atom is 0.289 e. The first kappa shape index (κ1) is 21.0. The first-order valence-corrected chi connectivity index (χ1v) is 9.68. The maximum absolute atomic E-state index is 12.6. The second-order valence-electron chi connectivity index (χ2n) is 6.74. The van der Waals surface area contributed by atoms with Crippen LogP contribution in [0.15, 0.2) is 52.9 Å². The van der Waals surface area contributed by atoms with E-state index in [1.165, 1.54) is 4.90 Å². The number of benzene rings is 2. The molecule has 5 nitrogen and oxygen atoms in total. The minimum Gasteiger partial charge on any atom is -0.451 e. The van der Waals surface area contributed by atoms with Gasteiger partial charge in [-0.1, -0.05) is 35.3 Å². The molecule has 0 fully saturated rings. The highest BCUT2D eigenvalue weighted by molar-refractivity contribution is 6.35. The number of hydrogen-bond donors (Lipinski definition) is 1. The summed E-state index contributed by atoms with van der Waals surface area (Å²) in [6.45, 7) is 3.80. The molecule has 3 aromatic rings. The van der Waals surface area contributed by atoms with E-state index in [1.54, 1.807) is 37.4 Å². The highest BCUT2D eigenvalue weighted by atomic mass is 35.5. The van der Waals surface area contributed by atoms with Crippen LogP contribution in [-0.4, -0.2) is 30.3 Å². The van der Waals surface area contributed by atoms with Crippen molar-refractivity contribution in [3.8, 4) is 11.3 Å². The molecule has 3 rings (SSSR count). The molecule has 2 aromatic carbocycles. The van der Waals surface area contributed by atoms with Gasteiger partial charge in [0, 0.05) is 23.3 Å². The summed E-state index contributed by atoms with van der Waals surface area (Å²) in [7, 11) is 1.54. The summed E-state index contributed by atoms with van der Waals surface area (Å²) in [6, 6.07) is 13.9. The Morgan fingerprint density at radius 2 is 1.83 bits per heavy atom. The first-order chi connectivity index (χ1) is 13.8. The molecule has 1 aromatic heterocycles. The summed E-state index contributed by atoms with van der Waals surface area (Å²) in [4.78, 5) is 26.3. The molecule has 0 radical (unpaired) electrons. The van der Waals surface area contributed by atoms with E-state index in [0.717, 1.165) is 16.8 Å². The lowest BCUT2D eigenvalue weighted by atomic mass is 10.1. The number of hydrogen-bond acceptors (Lipinski definition) is 3. The normalized spacial score (nSPS) is 10.7. The van der Waals surface area contributed by atoms with Crippen molar-refractivity contribution < 1.29 is 14.0 Å². The van der Waals surface area contributed by atoms with Crippen LogP contribution in [0.25, 0.3) is 11.3 Å². The third kappa shape index (κ3) is 4.81. The number of likely N-dealkylation sites (N-methyl/N-ethyl adjacent to an activating group) is 1. The standard InChI is InChI=1S/C22H20Cl2N2O3/c1-13-5-4-6-18(14(13)2)25-21(27)12-26(3)22(28)20-10-9-19(29-20)16-11-15(23)7-8-17(16)24/h4-11H,12H2,1-3H3,(H,25,27). The van der Waals surface area contributed by atoms with Gasteiger partial charge in [0.05, 0.1) is 11.6 Å².